The summed E-state index contributed by atoms with van der Waals surface area (Å²) in [5, 5.41) is 5.60. The van der Waals surface area contributed by atoms with Gasteiger partial charge in [0.2, 0.25) is 0 Å². The molecular formula is C67H94GeHfSi5Ti. The molecule has 2 aliphatic rings. The molecule has 0 saturated carbocycles. The molecule has 0 spiro atoms. The average Bonchev–Trinajstić information content (AvgIpc) is 4.04. The maximum absolute atomic E-state index is 4.43. The van der Waals surface area contributed by atoms with Crippen LogP contribution in [-0.2, 0) is 47.6 Å². The average molecular weight is 1340 g/mol. The second-order valence-corrected chi connectivity index (χ2v) is 61.0. The molecule has 0 fully saturated rings. The van der Waals surface area contributed by atoms with Crippen molar-refractivity contribution in [2.24, 2.45) is 0 Å². The van der Waals surface area contributed by atoms with E-state index < -0.39 is 53.6 Å². The van der Waals surface area contributed by atoms with Crippen LogP contribution in [0, 0.1) is 51.1 Å². The van der Waals surface area contributed by atoms with Gasteiger partial charge >= 0.3 is 107 Å². The van der Waals surface area contributed by atoms with Crippen molar-refractivity contribution in [3.05, 3.63) is 282 Å². The Bertz CT molecular complexity index is 2210. The minimum atomic E-state index is -1.47. The molecular weight excluding hydrogens is 1240 g/mol. The molecule has 0 N–H and O–H groups in total. The van der Waals surface area contributed by atoms with Crippen LogP contribution in [0.3, 0.4) is 0 Å². The van der Waals surface area contributed by atoms with Crippen LogP contribution in [0.15, 0.2) is 214 Å². The predicted octanol–water partition coefficient (Wildman–Crippen LogP) is 20.2. The molecule has 0 unspecified atom stereocenters. The first-order valence-electron chi connectivity index (χ1n) is 25.9. The first-order valence-corrected chi connectivity index (χ1v) is 50.8. The summed E-state index contributed by atoms with van der Waals surface area (Å²) in [7, 11) is -7.23. The molecule has 0 bridgehead atoms. The topological polar surface area (TPSA) is 0 Å². The zero-order valence-electron chi connectivity index (χ0n) is 49.8. The summed E-state index contributed by atoms with van der Waals surface area (Å²) in [5.41, 5.74) is 3.22. The van der Waals surface area contributed by atoms with Gasteiger partial charge in [-0.25, -0.2) is 10.4 Å². The molecule has 2 aliphatic carbocycles. The Morgan fingerprint density at radius 1 is 0.427 bits per heavy atom. The first-order chi connectivity index (χ1) is 33.9. The molecule has 0 aromatic heterocycles. The van der Waals surface area contributed by atoms with Gasteiger partial charge in [0, 0.05) is 24.2 Å². The molecule has 0 atom stereocenters. The third-order valence-electron chi connectivity index (χ3n) is 11.5. The fourth-order valence-electron chi connectivity index (χ4n) is 8.50. The molecule has 0 heterocycles. The van der Waals surface area contributed by atoms with Gasteiger partial charge in [0.05, 0.1) is 8.07 Å². The molecule has 8 rings (SSSR count). The van der Waals surface area contributed by atoms with E-state index in [2.05, 4.69) is 179 Å². The van der Waals surface area contributed by atoms with Crippen molar-refractivity contribution in [1.29, 1.82) is 0 Å². The monoisotopic (exact) mass is 1340 g/mol. The van der Waals surface area contributed by atoms with Gasteiger partial charge in [0.15, 0.2) is 0 Å². The zero-order chi connectivity index (χ0) is 55.4. The van der Waals surface area contributed by atoms with E-state index in [4.69, 9.17) is 0 Å². The number of rotatable bonds is 6. The molecule has 394 valence electrons. The summed E-state index contributed by atoms with van der Waals surface area (Å²) in [6, 6.07) is 67.1. The Kier molecular flexibility index (Phi) is 35.9. The second kappa shape index (κ2) is 36.3. The van der Waals surface area contributed by atoms with Crippen LogP contribution in [0.4, 0.5) is 0 Å². The third kappa shape index (κ3) is 29.6. The Morgan fingerprint density at radius 3 is 0.853 bits per heavy atom. The van der Waals surface area contributed by atoms with Crippen LogP contribution in [0.2, 0.25) is 120 Å². The van der Waals surface area contributed by atoms with Crippen LogP contribution in [-0.4, -0.2) is 53.6 Å². The first kappa shape index (κ1) is 74.2. The summed E-state index contributed by atoms with van der Waals surface area (Å²) in [5.74, 6) is 7.20. The smallest absolute Gasteiger partial charge is 0.184 e. The number of hydrogen-bond acceptors (Lipinski definition) is 0. The van der Waals surface area contributed by atoms with Crippen molar-refractivity contribution < 1.29 is 47.6 Å². The molecule has 75 heavy (non-hydrogen) atoms. The maximum atomic E-state index is 4.43. The van der Waals surface area contributed by atoms with Crippen molar-refractivity contribution in [3.8, 4) is 0 Å². The molecule has 8 heteroatoms. The number of allylic oxidation sites excluding steroid dienone is 8. The molecule has 0 nitrogen and oxygen atoms in total. The molecule has 6 aromatic rings. The van der Waals surface area contributed by atoms with Gasteiger partial charge in [-0.3, -0.25) is 6.08 Å². The van der Waals surface area contributed by atoms with Gasteiger partial charge < -0.3 is 0 Å². The van der Waals surface area contributed by atoms with Crippen LogP contribution in [0.5, 0.6) is 0 Å². The SMILES string of the molecule is C[Si](C)(C)C1=[C-]C([Si](C)(C)C)([Si](C)(C)C)C([Si](C)(C)C)=C1[Si](C)(C)C.[CH2-]c1ccccc1.[CH2-]c1ccccc1.[CH2-]c1ccccc1.[CH3][Ge]([CH3])([CH3])[C]1=[C-]CC=C1.[Hf+4].[Ti+4].[c-]1ccccc1.[c-]1ccccc1.[c-]1ccccc1. The van der Waals surface area contributed by atoms with Gasteiger partial charge in [-0.05, 0) is 8.07 Å². The van der Waals surface area contributed by atoms with E-state index in [0.29, 0.717) is 4.66 Å². The standard InChI is InChI=1S/C20H45Si5.C8H13Ge.3C7H7.3C6H5.Hf.Ti/c1-21(2,3)17-16-20(24(10,11)12,25(13,14)15)19(23(7,8)9)18(17)22(4,5)6;1-9(2,3)8-6-4-5-7-8;3*1-7-5-3-2-4-6-7;3*1-2-4-6-5-3-1;;/h1-15H3;4,6H,5H2,1-3H3;3*2-6H,1H2;3*1-5H;;/q8*-1;2*+4. The van der Waals surface area contributed by atoms with Crippen LogP contribution in [0.25, 0.3) is 0 Å². The van der Waals surface area contributed by atoms with Gasteiger partial charge in [-0.15, -0.1) is 36.4 Å². The van der Waals surface area contributed by atoms with Gasteiger partial charge in [-0.2, -0.15) is 188 Å². The summed E-state index contributed by atoms with van der Waals surface area (Å²) < 4.78 is 1.87. The van der Waals surface area contributed by atoms with Gasteiger partial charge in [0.1, 0.15) is 0 Å². The molecule has 0 saturated heterocycles. The fraction of sp³-hybridized carbons (Fsp3) is 0.299. The van der Waals surface area contributed by atoms with E-state index in [1.54, 1.807) is 5.20 Å². The summed E-state index contributed by atoms with van der Waals surface area (Å²) in [6.07, 6.45) is 13.3. The largest absolute Gasteiger partial charge is 4.00 e. The van der Waals surface area contributed by atoms with Gasteiger partial charge in [-0.1, -0.05) is 121 Å². The van der Waals surface area contributed by atoms with Crippen molar-refractivity contribution in [2.45, 2.75) is 127 Å². The molecule has 0 amide bonds. The maximum Gasteiger partial charge on any atom is 4.00 e. The zero-order valence-corrected chi connectivity index (χ0v) is 62.1. The molecule has 0 aliphatic heterocycles. The number of hydrogen-bond donors (Lipinski definition) is 0. The third-order valence-corrected chi connectivity index (χ3v) is 32.4. The summed E-state index contributed by atoms with van der Waals surface area (Å²) in [6.45, 7) is 50.3. The quantitative estimate of drug-likeness (QED) is 0.115. The van der Waals surface area contributed by atoms with Crippen molar-refractivity contribution in [2.75, 3.05) is 0 Å². The van der Waals surface area contributed by atoms with Crippen molar-refractivity contribution in [3.63, 3.8) is 0 Å². The minimum absolute atomic E-state index is 0. The van der Waals surface area contributed by atoms with Gasteiger partial charge in [0.25, 0.3) is 0 Å². The molecule has 6 aromatic carbocycles. The normalized spacial score (nSPS) is 13.3. The Hall–Kier alpha value is -2.90. The van der Waals surface area contributed by atoms with Crippen LogP contribution >= 0.6 is 0 Å². The fourth-order valence-corrected chi connectivity index (χ4v) is 37.8. The van der Waals surface area contributed by atoms with E-state index in [-0.39, 0.29) is 47.6 Å². The Morgan fingerprint density at radius 2 is 0.720 bits per heavy atom. The number of benzene rings is 6. The Labute approximate surface area is 504 Å². The van der Waals surface area contributed by atoms with Crippen molar-refractivity contribution in [1.82, 2.24) is 0 Å². The van der Waals surface area contributed by atoms with E-state index in [1.807, 2.05) is 192 Å². The Balaban J connectivity index is 0. The van der Waals surface area contributed by atoms with E-state index in [9.17, 15) is 0 Å². The predicted molar refractivity (Wildman–Crippen MR) is 346 cm³/mol. The van der Waals surface area contributed by atoms with Crippen molar-refractivity contribution >= 4 is 53.6 Å². The summed E-state index contributed by atoms with van der Waals surface area (Å²) >= 11 is -1.46. The molecule has 0 radical (unpaired) electrons. The van der Waals surface area contributed by atoms with E-state index in [0.717, 1.165) is 23.1 Å². The van der Waals surface area contributed by atoms with Crippen LogP contribution < -0.4 is 0 Å². The second-order valence-electron chi connectivity index (χ2n) is 24.4. The van der Waals surface area contributed by atoms with E-state index >= 15 is 0 Å². The summed E-state index contributed by atoms with van der Waals surface area (Å²) in [4.78, 5) is 0. The van der Waals surface area contributed by atoms with Crippen LogP contribution in [0.1, 0.15) is 23.1 Å². The minimum Gasteiger partial charge on any atom is -0.184 e. The van der Waals surface area contributed by atoms with E-state index in [1.165, 1.54) is 4.41 Å².